The van der Waals surface area contributed by atoms with Crippen LogP contribution in [0.1, 0.15) is 28.4 Å². The molecule has 0 spiro atoms. The van der Waals surface area contributed by atoms with Gasteiger partial charge in [-0.15, -0.1) is 0 Å². The summed E-state index contributed by atoms with van der Waals surface area (Å²) in [6.45, 7) is 2.03. The molecule has 0 saturated heterocycles. The number of ketones is 1. The molecule has 2 heterocycles. The van der Waals surface area contributed by atoms with Crippen molar-refractivity contribution in [2.24, 2.45) is 7.05 Å². The van der Waals surface area contributed by atoms with Crippen LogP contribution in [0.4, 0.5) is 0 Å². The Morgan fingerprint density at radius 2 is 2.24 bits per heavy atom. The second-order valence-corrected chi connectivity index (χ2v) is 4.01. The van der Waals surface area contributed by atoms with Crippen molar-refractivity contribution in [1.82, 2.24) is 14.8 Å². The summed E-state index contributed by atoms with van der Waals surface area (Å²) in [7, 11) is 1.85. The predicted molar refractivity (Wildman–Crippen MR) is 64.9 cm³/mol. The summed E-state index contributed by atoms with van der Waals surface area (Å²) in [6, 6.07) is 1.79. The molecule has 2 aromatic rings. The molecular formula is C13H15N3O. The standard InChI is InChI=1S/C13H15N3O/c1-3-11-8-14-5-4-12(11)13(17)6-10-7-15-16(2)9-10/h4-5,7-9H,3,6H2,1-2H3. The summed E-state index contributed by atoms with van der Waals surface area (Å²) in [5, 5.41) is 4.06. The first-order chi connectivity index (χ1) is 8.20. The van der Waals surface area contributed by atoms with Crippen LogP contribution in [0.15, 0.2) is 30.9 Å². The van der Waals surface area contributed by atoms with Gasteiger partial charge in [0.15, 0.2) is 5.78 Å². The summed E-state index contributed by atoms with van der Waals surface area (Å²) in [6.07, 6.45) is 8.23. The first-order valence-electron chi connectivity index (χ1n) is 5.64. The van der Waals surface area contributed by atoms with E-state index in [-0.39, 0.29) is 5.78 Å². The monoisotopic (exact) mass is 229 g/mol. The number of aryl methyl sites for hydroxylation is 2. The van der Waals surface area contributed by atoms with Crippen LogP contribution in [0.25, 0.3) is 0 Å². The highest BCUT2D eigenvalue weighted by molar-refractivity contribution is 5.98. The smallest absolute Gasteiger partial charge is 0.167 e. The van der Waals surface area contributed by atoms with E-state index in [1.807, 2.05) is 20.2 Å². The zero-order valence-electron chi connectivity index (χ0n) is 10.1. The first-order valence-corrected chi connectivity index (χ1v) is 5.64. The Bertz CT molecular complexity index is 531. The highest BCUT2D eigenvalue weighted by Gasteiger charge is 2.11. The van der Waals surface area contributed by atoms with Crippen LogP contribution in [0.3, 0.4) is 0 Å². The minimum Gasteiger partial charge on any atom is -0.294 e. The Hall–Kier alpha value is -1.97. The minimum atomic E-state index is 0.122. The molecule has 0 N–H and O–H groups in total. The topological polar surface area (TPSA) is 47.8 Å². The molecule has 0 aliphatic rings. The molecule has 17 heavy (non-hydrogen) atoms. The molecule has 0 aromatic carbocycles. The van der Waals surface area contributed by atoms with E-state index in [2.05, 4.69) is 10.1 Å². The van der Waals surface area contributed by atoms with E-state index in [1.165, 1.54) is 0 Å². The lowest BCUT2D eigenvalue weighted by atomic mass is 10.0. The fourth-order valence-corrected chi connectivity index (χ4v) is 1.82. The third-order valence-electron chi connectivity index (χ3n) is 2.71. The van der Waals surface area contributed by atoms with Gasteiger partial charge in [0.2, 0.25) is 0 Å². The van der Waals surface area contributed by atoms with Crippen molar-refractivity contribution in [1.29, 1.82) is 0 Å². The Morgan fingerprint density at radius 3 is 2.88 bits per heavy atom. The summed E-state index contributed by atoms with van der Waals surface area (Å²) in [5.41, 5.74) is 2.71. The fraction of sp³-hybridized carbons (Fsp3) is 0.308. The molecule has 2 rings (SSSR count). The molecular weight excluding hydrogens is 214 g/mol. The van der Waals surface area contributed by atoms with Gasteiger partial charge in [0.1, 0.15) is 0 Å². The van der Waals surface area contributed by atoms with Crippen LogP contribution >= 0.6 is 0 Å². The van der Waals surface area contributed by atoms with Gasteiger partial charge in [-0.2, -0.15) is 5.10 Å². The third kappa shape index (κ3) is 2.58. The summed E-state index contributed by atoms with van der Waals surface area (Å²) >= 11 is 0. The number of carbonyl (C=O) groups is 1. The van der Waals surface area contributed by atoms with E-state index >= 15 is 0 Å². The largest absolute Gasteiger partial charge is 0.294 e. The van der Waals surface area contributed by atoms with Gasteiger partial charge < -0.3 is 0 Å². The normalized spacial score (nSPS) is 10.5. The van der Waals surface area contributed by atoms with E-state index in [0.29, 0.717) is 6.42 Å². The lowest BCUT2D eigenvalue weighted by Crippen LogP contribution is -2.06. The number of Topliss-reactive ketones (excluding diaryl/α,β-unsaturated/α-hetero) is 1. The first kappa shape index (κ1) is 11.5. The third-order valence-corrected chi connectivity index (χ3v) is 2.71. The maximum absolute atomic E-state index is 12.1. The minimum absolute atomic E-state index is 0.122. The van der Waals surface area contributed by atoms with Gasteiger partial charge in [0, 0.05) is 37.6 Å². The van der Waals surface area contributed by atoms with Crippen molar-refractivity contribution in [3.05, 3.63) is 47.5 Å². The Morgan fingerprint density at radius 1 is 1.41 bits per heavy atom. The molecule has 0 radical (unpaired) electrons. The lowest BCUT2D eigenvalue weighted by Gasteiger charge is -2.04. The van der Waals surface area contributed by atoms with Crippen LogP contribution in [0.2, 0.25) is 0 Å². The van der Waals surface area contributed by atoms with Crippen LogP contribution in [0, 0.1) is 0 Å². The molecule has 0 unspecified atom stereocenters. The molecule has 4 heteroatoms. The molecule has 0 atom stereocenters. The number of rotatable bonds is 4. The second-order valence-electron chi connectivity index (χ2n) is 4.01. The van der Waals surface area contributed by atoms with Crippen molar-refractivity contribution in [2.45, 2.75) is 19.8 Å². The van der Waals surface area contributed by atoms with Gasteiger partial charge in [0.25, 0.3) is 0 Å². The molecule has 4 nitrogen and oxygen atoms in total. The van der Waals surface area contributed by atoms with Gasteiger partial charge in [-0.25, -0.2) is 0 Å². The van der Waals surface area contributed by atoms with Crippen LogP contribution < -0.4 is 0 Å². The number of hydrogen-bond acceptors (Lipinski definition) is 3. The van der Waals surface area contributed by atoms with Crippen molar-refractivity contribution < 1.29 is 4.79 Å². The highest BCUT2D eigenvalue weighted by Crippen LogP contribution is 2.11. The summed E-state index contributed by atoms with van der Waals surface area (Å²) < 4.78 is 1.70. The second kappa shape index (κ2) is 4.91. The van der Waals surface area contributed by atoms with Gasteiger partial charge in [-0.1, -0.05) is 6.92 Å². The number of pyridine rings is 1. The zero-order valence-corrected chi connectivity index (χ0v) is 10.1. The van der Waals surface area contributed by atoms with E-state index in [4.69, 9.17) is 0 Å². The van der Waals surface area contributed by atoms with E-state index < -0.39 is 0 Å². The van der Waals surface area contributed by atoms with Crippen molar-refractivity contribution in [3.63, 3.8) is 0 Å². The number of carbonyl (C=O) groups excluding carboxylic acids is 1. The molecule has 0 fully saturated rings. The zero-order chi connectivity index (χ0) is 12.3. The van der Waals surface area contributed by atoms with E-state index in [9.17, 15) is 4.79 Å². The molecule has 0 aliphatic carbocycles. The fourth-order valence-electron chi connectivity index (χ4n) is 1.82. The lowest BCUT2D eigenvalue weighted by molar-refractivity contribution is 0.0992. The summed E-state index contributed by atoms with van der Waals surface area (Å²) in [4.78, 5) is 16.2. The van der Waals surface area contributed by atoms with Crippen LogP contribution in [-0.4, -0.2) is 20.5 Å². The molecule has 0 bridgehead atoms. The SMILES string of the molecule is CCc1cnccc1C(=O)Cc1cnn(C)c1. The highest BCUT2D eigenvalue weighted by atomic mass is 16.1. The predicted octanol–water partition coefficient (Wildman–Crippen LogP) is 1.80. The molecule has 0 saturated carbocycles. The Balaban J connectivity index is 2.20. The van der Waals surface area contributed by atoms with Gasteiger partial charge >= 0.3 is 0 Å². The van der Waals surface area contributed by atoms with Crippen LogP contribution in [-0.2, 0) is 19.9 Å². The van der Waals surface area contributed by atoms with Crippen molar-refractivity contribution in [3.8, 4) is 0 Å². The number of nitrogens with zero attached hydrogens (tertiary/aromatic N) is 3. The number of aromatic nitrogens is 3. The van der Waals surface area contributed by atoms with Gasteiger partial charge in [-0.05, 0) is 23.6 Å². The Labute approximate surface area is 100 Å². The van der Waals surface area contributed by atoms with Crippen LogP contribution in [0.5, 0.6) is 0 Å². The maximum Gasteiger partial charge on any atom is 0.167 e. The quantitative estimate of drug-likeness (QED) is 0.751. The molecule has 0 aliphatic heterocycles. The molecule has 0 amide bonds. The van der Waals surface area contributed by atoms with Gasteiger partial charge in [-0.3, -0.25) is 14.5 Å². The van der Waals surface area contributed by atoms with Crippen molar-refractivity contribution >= 4 is 5.78 Å². The number of hydrogen-bond donors (Lipinski definition) is 0. The van der Waals surface area contributed by atoms with E-state index in [1.54, 1.807) is 29.3 Å². The maximum atomic E-state index is 12.1. The Kier molecular flexibility index (Phi) is 3.32. The average Bonchev–Trinajstić information content (AvgIpc) is 2.74. The van der Waals surface area contributed by atoms with Crippen molar-refractivity contribution in [2.75, 3.05) is 0 Å². The molecule has 2 aromatic heterocycles. The average molecular weight is 229 g/mol. The summed E-state index contributed by atoms with van der Waals surface area (Å²) in [5.74, 6) is 0.122. The van der Waals surface area contributed by atoms with Gasteiger partial charge in [0.05, 0.1) is 6.20 Å². The molecule has 88 valence electrons. The van der Waals surface area contributed by atoms with E-state index in [0.717, 1.165) is 23.1 Å².